The zero-order valence-electron chi connectivity index (χ0n) is 20.2. The number of nitrogen functional groups attached to an aromatic ring is 2. The van der Waals surface area contributed by atoms with Crippen LogP contribution in [0.2, 0.25) is 0 Å². The fourth-order valence-electron chi connectivity index (χ4n) is 4.53. The molecule has 0 unspecified atom stereocenters. The smallest absolute Gasteiger partial charge is 0.306 e. The number of likely N-dealkylation sites (tertiary alicyclic amines) is 1. The molecule has 10 nitrogen and oxygen atoms in total. The summed E-state index contributed by atoms with van der Waals surface area (Å²) in [5, 5.41) is 19.2. The van der Waals surface area contributed by atoms with Gasteiger partial charge in [0.2, 0.25) is 6.41 Å². The van der Waals surface area contributed by atoms with Crippen LogP contribution < -0.4 is 22.4 Å². The first-order valence-corrected chi connectivity index (χ1v) is 11.7. The van der Waals surface area contributed by atoms with Gasteiger partial charge in [0.25, 0.3) is 0 Å². The van der Waals surface area contributed by atoms with E-state index in [0.29, 0.717) is 48.6 Å². The molecule has 2 aromatic carbocycles. The summed E-state index contributed by atoms with van der Waals surface area (Å²) < 4.78 is 5.87. The molecule has 0 atom stereocenters. The molecule has 0 bridgehead atoms. The average Bonchev–Trinajstić information content (AvgIpc) is 2.88. The van der Waals surface area contributed by atoms with Gasteiger partial charge in [-0.15, -0.1) is 0 Å². The first-order chi connectivity index (χ1) is 17.7. The molecular formula is C27H28N4O6. The Morgan fingerprint density at radius 1 is 1.11 bits per heavy atom. The number of phenols is 1. The fraction of sp³-hybridized carbons (Fsp3) is 0.222. The number of carbonyl (C=O) groups excluding carboxylic acids is 1. The summed E-state index contributed by atoms with van der Waals surface area (Å²) in [5.74, 6) is 5.14. The molecule has 2 heterocycles. The Balaban J connectivity index is 0.000000245. The molecule has 10 heteroatoms. The Bertz CT molecular complexity index is 1490. The number of carboxylic acids is 1. The van der Waals surface area contributed by atoms with Crippen LogP contribution in [-0.2, 0) is 9.59 Å². The molecule has 1 amide bonds. The van der Waals surface area contributed by atoms with Crippen molar-refractivity contribution in [2.24, 2.45) is 11.8 Å². The lowest BCUT2D eigenvalue weighted by Crippen LogP contribution is -2.35. The Kier molecular flexibility index (Phi) is 7.30. The van der Waals surface area contributed by atoms with E-state index in [1.807, 2.05) is 19.1 Å². The minimum absolute atomic E-state index is 0.0863. The number of rotatable bonds is 4. The predicted octanol–water partition coefficient (Wildman–Crippen LogP) is 3.39. The van der Waals surface area contributed by atoms with Gasteiger partial charge in [0.1, 0.15) is 17.1 Å². The Morgan fingerprint density at radius 2 is 1.84 bits per heavy atom. The highest BCUT2D eigenvalue weighted by molar-refractivity contribution is 6.03. The van der Waals surface area contributed by atoms with Crippen LogP contribution in [0.3, 0.4) is 0 Å². The number of carboxylic acid groups (broad SMARTS) is 1. The van der Waals surface area contributed by atoms with Gasteiger partial charge in [-0.1, -0.05) is 0 Å². The van der Waals surface area contributed by atoms with Gasteiger partial charge in [-0.3, -0.25) is 20.2 Å². The van der Waals surface area contributed by atoms with E-state index in [0.717, 1.165) is 34.1 Å². The van der Waals surface area contributed by atoms with E-state index in [4.69, 9.17) is 21.1 Å². The van der Waals surface area contributed by atoms with Gasteiger partial charge in [-0.05, 0) is 67.3 Å². The van der Waals surface area contributed by atoms with Gasteiger partial charge in [0, 0.05) is 41.7 Å². The molecule has 1 fully saturated rings. The number of benzene rings is 3. The number of phenolic OH excluding ortho intramolecular Hbond substituents is 1. The van der Waals surface area contributed by atoms with E-state index in [1.54, 1.807) is 23.1 Å². The van der Waals surface area contributed by atoms with E-state index in [9.17, 15) is 19.5 Å². The number of hydrogen-bond donors (Lipinski definition) is 5. The number of hydrazine groups is 1. The quantitative estimate of drug-likeness (QED) is 0.0918. The molecule has 1 aliphatic carbocycles. The summed E-state index contributed by atoms with van der Waals surface area (Å²) in [6, 6.07) is 13.3. The minimum Gasteiger partial charge on any atom is -0.508 e. The zero-order chi connectivity index (χ0) is 26.7. The number of amides is 1. The van der Waals surface area contributed by atoms with Crippen molar-refractivity contribution in [1.82, 2.24) is 4.90 Å². The molecule has 3 aliphatic rings. The molecular weight excluding hydrogens is 476 g/mol. The number of piperidine rings is 1. The lowest BCUT2D eigenvalue weighted by molar-refractivity contribution is -0.144. The third-order valence-electron chi connectivity index (χ3n) is 6.53. The van der Waals surface area contributed by atoms with Gasteiger partial charge < -0.3 is 30.7 Å². The topological polar surface area (TPSA) is 172 Å². The maximum Gasteiger partial charge on any atom is 0.306 e. The van der Waals surface area contributed by atoms with Crippen molar-refractivity contribution in [3.8, 4) is 28.2 Å². The molecule has 1 saturated heterocycles. The summed E-state index contributed by atoms with van der Waals surface area (Å²) in [6.07, 6.45) is 1.96. The molecule has 0 spiro atoms. The maximum atomic E-state index is 11.8. The number of aryl methyl sites for hydroxylation is 1. The molecule has 2 aliphatic heterocycles. The summed E-state index contributed by atoms with van der Waals surface area (Å²) in [7, 11) is 0. The molecule has 0 saturated carbocycles. The largest absolute Gasteiger partial charge is 0.508 e. The van der Waals surface area contributed by atoms with Crippen LogP contribution in [0.5, 0.6) is 5.75 Å². The van der Waals surface area contributed by atoms with Crippen molar-refractivity contribution in [2.75, 3.05) is 24.2 Å². The van der Waals surface area contributed by atoms with Crippen LogP contribution in [-0.4, -0.2) is 40.6 Å². The molecule has 5 rings (SSSR count). The van der Waals surface area contributed by atoms with E-state index < -0.39 is 5.97 Å². The van der Waals surface area contributed by atoms with Gasteiger partial charge in [-0.25, -0.2) is 0 Å². The number of aromatic hydroxyl groups is 1. The molecule has 192 valence electrons. The highest BCUT2D eigenvalue weighted by atomic mass is 16.4. The van der Waals surface area contributed by atoms with E-state index >= 15 is 0 Å². The Labute approximate surface area is 212 Å². The first kappa shape index (κ1) is 25.5. The first-order valence-electron chi connectivity index (χ1n) is 11.7. The second-order valence-corrected chi connectivity index (χ2v) is 8.97. The van der Waals surface area contributed by atoms with E-state index in [-0.39, 0.29) is 17.1 Å². The van der Waals surface area contributed by atoms with Crippen LogP contribution in [0.15, 0.2) is 57.7 Å². The number of nitrogens with two attached hydrogens (primary N) is 2. The zero-order valence-corrected chi connectivity index (χ0v) is 20.2. The monoisotopic (exact) mass is 504 g/mol. The fourth-order valence-corrected chi connectivity index (χ4v) is 4.53. The molecule has 7 N–H and O–H groups in total. The summed E-state index contributed by atoms with van der Waals surface area (Å²) in [4.78, 5) is 34.1. The van der Waals surface area contributed by atoms with Crippen LogP contribution in [0, 0.1) is 12.8 Å². The third kappa shape index (κ3) is 5.34. The Hall–Kier alpha value is -4.57. The lowest BCUT2D eigenvalue weighted by atomic mass is 9.90. The van der Waals surface area contributed by atoms with Gasteiger partial charge in [0.05, 0.1) is 17.3 Å². The van der Waals surface area contributed by atoms with Gasteiger partial charge >= 0.3 is 5.97 Å². The number of aliphatic carboxylic acids is 1. The average molecular weight is 505 g/mol. The Morgan fingerprint density at radius 3 is 2.49 bits per heavy atom. The standard InChI is InChI=1S/C20H17N3O3.C7H11NO3/c1-10-6-16(21)17(23-22)9-15(10)20-13-4-2-11(24)7-18(13)26-19-8-12(25)3-5-14(19)20;9-5-8-3-1-6(2-4-8)7(10)11/h2-9,23-24H,21-22H2,1H3;5-6H,1-4H2,(H,10,11). The van der Waals surface area contributed by atoms with E-state index in [1.165, 1.54) is 18.2 Å². The summed E-state index contributed by atoms with van der Waals surface area (Å²) in [6.45, 7) is 3.12. The van der Waals surface area contributed by atoms with Crippen molar-refractivity contribution in [3.63, 3.8) is 0 Å². The minimum atomic E-state index is -0.740. The third-order valence-corrected chi connectivity index (χ3v) is 6.53. The molecule has 2 aromatic rings. The molecule has 37 heavy (non-hydrogen) atoms. The van der Waals surface area contributed by atoms with Crippen LogP contribution in [0.25, 0.3) is 33.4 Å². The van der Waals surface area contributed by atoms with Crippen molar-refractivity contribution in [1.29, 1.82) is 0 Å². The van der Waals surface area contributed by atoms with Gasteiger partial charge in [0.15, 0.2) is 5.43 Å². The lowest BCUT2D eigenvalue weighted by Gasteiger charge is -2.26. The molecule has 0 radical (unpaired) electrons. The summed E-state index contributed by atoms with van der Waals surface area (Å²) in [5.41, 5.74) is 13.6. The predicted molar refractivity (Wildman–Crippen MR) is 141 cm³/mol. The number of fused-ring (bicyclic) bond motifs is 2. The highest BCUT2D eigenvalue weighted by Crippen LogP contribution is 2.43. The van der Waals surface area contributed by atoms with Crippen LogP contribution in [0.4, 0.5) is 11.4 Å². The number of hydrogen-bond acceptors (Lipinski definition) is 8. The van der Waals surface area contributed by atoms with E-state index in [2.05, 4.69) is 5.43 Å². The maximum absolute atomic E-state index is 11.8. The number of anilines is 2. The normalized spacial score (nSPS) is 13.7. The van der Waals surface area contributed by atoms with Crippen LogP contribution >= 0.6 is 0 Å². The van der Waals surface area contributed by atoms with Gasteiger partial charge in [-0.2, -0.15) is 0 Å². The van der Waals surface area contributed by atoms with Crippen molar-refractivity contribution >= 4 is 34.7 Å². The molecule has 0 aromatic heterocycles. The van der Waals surface area contributed by atoms with Crippen molar-refractivity contribution < 1.29 is 24.2 Å². The second kappa shape index (κ2) is 10.6. The number of nitrogens with one attached hydrogen (secondary N) is 1. The highest BCUT2D eigenvalue weighted by Gasteiger charge is 2.23. The number of nitrogens with zero attached hydrogens (tertiary/aromatic N) is 1. The number of carbonyl (C=O) groups is 2. The van der Waals surface area contributed by atoms with Crippen molar-refractivity contribution in [3.05, 3.63) is 64.3 Å². The van der Waals surface area contributed by atoms with Crippen molar-refractivity contribution in [2.45, 2.75) is 19.8 Å². The second-order valence-electron chi connectivity index (χ2n) is 8.97. The summed E-state index contributed by atoms with van der Waals surface area (Å²) >= 11 is 0. The SMILES string of the molecule is Cc1cc(N)c(NN)cc1-c1c2ccc(=O)cc-2oc2cc(O)ccc12.O=CN1CCC(C(=O)O)CC1. The van der Waals surface area contributed by atoms with Crippen LogP contribution in [0.1, 0.15) is 18.4 Å².